The second kappa shape index (κ2) is 7.85. The molecule has 2 rings (SSSR count). The molecule has 7 heteroatoms. The lowest BCUT2D eigenvalue weighted by atomic mass is 10.2. The molecule has 0 aliphatic carbocycles. The summed E-state index contributed by atoms with van der Waals surface area (Å²) in [7, 11) is 0. The molecule has 0 atom stereocenters. The summed E-state index contributed by atoms with van der Waals surface area (Å²) in [4.78, 5) is 23.5. The van der Waals surface area contributed by atoms with Crippen LogP contribution in [0.15, 0.2) is 42.5 Å². The predicted octanol–water partition coefficient (Wildman–Crippen LogP) is 4.81. The van der Waals surface area contributed by atoms with Gasteiger partial charge in [0.05, 0.1) is 17.3 Å². The highest BCUT2D eigenvalue weighted by Gasteiger charge is 2.10. The molecule has 0 saturated carbocycles. The molecular weight excluding hydrogens is 339 g/mol. The first-order valence-electron chi connectivity index (χ1n) is 6.80. The second-order valence-corrected chi connectivity index (χ2v) is 5.34. The zero-order chi connectivity index (χ0) is 16.8. The van der Waals surface area contributed by atoms with E-state index >= 15 is 0 Å². The van der Waals surface area contributed by atoms with Crippen molar-refractivity contribution in [1.82, 2.24) is 0 Å². The number of anilines is 2. The summed E-state index contributed by atoms with van der Waals surface area (Å²) in [6.45, 7) is 2.00. The molecule has 2 N–H and O–H groups in total. The van der Waals surface area contributed by atoms with Crippen molar-refractivity contribution in [3.05, 3.63) is 58.1 Å². The summed E-state index contributed by atoms with van der Waals surface area (Å²) in [5, 5.41) is 6.09. The van der Waals surface area contributed by atoms with Crippen molar-refractivity contribution in [3.8, 4) is 0 Å². The van der Waals surface area contributed by atoms with E-state index in [1.807, 2.05) is 0 Å². The maximum Gasteiger partial charge on any atom is 0.411 e. The van der Waals surface area contributed by atoms with Crippen LogP contribution in [0.5, 0.6) is 0 Å². The number of rotatable bonds is 4. The van der Waals surface area contributed by atoms with E-state index in [1.54, 1.807) is 49.4 Å². The first kappa shape index (κ1) is 17.1. The van der Waals surface area contributed by atoms with Crippen LogP contribution in [0.2, 0.25) is 10.0 Å². The van der Waals surface area contributed by atoms with Gasteiger partial charge in [-0.25, -0.2) is 4.79 Å². The van der Waals surface area contributed by atoms with Crippen molar-refractivity contribution in [2.75, 3.05) is 17.2 Å². The van der Waals surface area contributed by atoms with Crippen molar-refractivity contribution in [2.45, 2.75) is 6.92 Å². The second-order valence-electron chi connectivity index (χ2n) is 4.50. The minimum atomic E-state index is -0.546. The summed E-state index contributed by atoms with van der Waals surface area (Å²) in [6, 6.07) is 11.2. The lowest BCUT2D eigenvalue weighted by molar-refractivity contribution is 0.102. The number of hydrogen-bond acceptors (Lipinski definition) is 3. The summed E-state index contributed by atoms with van der Waals surface area (Å²) in [6.07, 6.45) is -0.546. The largest absolute Gasteiger partial charge is 0.450 e. The molecular formula is C16H14Cl2N2O3. The molecule has 0 fully saturated rings. The maximum atomic E-state index is 12.2. The molecule has 2 amide bonds. The van der Waals surface area contributed by atoms with Gasteiger partial charge >= 0.3 is 6.09 Å². The lowest BCUT2D eigenvalue weighted by Gasteiger charge is -2.09. The predicted molar refractivity (Wildman–Crippen MR) is 91.5 cm³/mol. The lowest BCUT2D eigenvalue weighted by Crippen LogP contribution is -2.14. The van der Waals surface area contributed by atoms with E-state index in [1.165, 1.54) is 0 Å². The van der Waals surface area contributed by atoms with E-state index in [4.69, 9.17) is 27.9 Å². The zero-order valence-electron chi connectivity index (χ0n) is 12.2. The van der Waals surface area contributed by atoms with Gasteiger partial charge in [-0.15, -0.1) is 0 Å². The summed E-state index contributed by atoms with van der Waals surface area (Å²) in [5.74, 6) is -0.336. The van der Waals surface area contributed by atoms with Crippen LogP contribution in [-0.4, -0.2) is 18.6 Å². The summed E-state index contributed by atoms with van der Waals surface area (Å²) >= 11 is 11.9. The Bertz CT molecular complexity index is 718. The quantitative estimate of drug-likeness (QED) is 0.829. The topological polar surface area (TPSA) is 67.4 Å². The molecule has 0 radical (unpaired) electrons. The molecule has 5 nitrogen and oxygen atoms in total. The third kappa shape index (κ3) is 4.87. The fraction of sp³-hybridized carbons (Fsp3) is 0.125. The molecule has 0 aromatic heterocycles. The Morgan fingerprint density at radius 1 is 1.04 bits per heavy atom. The number of benzene rings is 2. The molecule has 0 unspecified atom stereocenters. The first-order valence-corrected chi connectivity index (χ1v) is 7.55. The molecule has 0 saturated heterocycles. The molecule has 2 aromatic rings. The number of hydrogen-bond donors (Lipinski definition) is 2. The molecule has 0 heterocycles. The van der Waals surface area contributed by atoms with Crippen LogP contribution < -0.4 is 10.6 Å². The third-order valence-electron chi connectivity index (χ3n) is 2.85. The van der Waals surface area contributed by atoms with E-state index < -0.39 is 6.09 Å². The Hall–Kier alpha value is -2.24. The highest BCUT2D eigenvalue weighted by atomic mass is 35.5. The van der Waals surface area contributed by atoms with Gasteiger partial charge in [0, 0.05) is 16.3 Å². The molecule has 0 aliphatic heterocycles. The Balaban J connectivity index is 2.05. The standard InChI is InChI=1S/C16H14Cl2N2O3/c1-2-23-16(22)19-12-6-3-10(4-7-12)15(21)20-14-9-11(17)5-8-13(14)18/h3-9H,2H2,1H3,(H,19,22)(H,20,21). The Morgan fingerprint density at radius 3 is 2.39 bits per heavy atom. The highest BCUT2D eigenvalue weighted by molar-refractivity contribution is 6.35. The molecule has 0 aliphatic rings. The first-order chi connectivity index (χ1) is 11.0. The van der Waals surface area contributed by atoms with Gasteiger partial charge in [0.2, 0.25) is 0 Å². The number of nitrogens with one attached hydrogen (secondary N) is 2. The van der Waals surface area contributed by atoms with Crippen LogP contribution in [0.25, 0.3) is 0 Å². The Kier molecular flexibility index (Phi) is 5.84. The SMILES string of the molecule is CCOC(=O)Nc1ccc(C(=O)Nc2cc(Cl)ccc2Cl)cc1. The van der Waals surface area contributed by atoms with Crippen LogP contribution >= 0.6 is 23.2 Å². The number of amides is 2. The average molecular weight is 353 g/mol. The molecule has 0 spiro atoms. The Morgan fingerprint density at radius 2 is 1.74 bits per heavy atom. The third-order valence-corrected chi connectivity index (χ3v) is 3.41. The molecule has 2 aromatic carbocycles. The van der Waals surface area contributed by atoms with Crippen molar-refractivity contribution < 1.29 is 14.3 Å². The van der Waals surface area contributed by atoms with Gasteiger partial charge in [-0.2, -0.15) is 0 Å². The van der Waals surface area contributed by atoms with Gasteiger partial charge in [0.1, 0.15) is 0 Å². The highest BCUT2D eigenvalue weighted by Crippen LogP contribution is 2.26. The van der Waals surface area contributed by atoms with Crippen LogP contribution in [-0.2, 0) is 4.74 Å². The van der Waals surface area contributed by atoms with Gasteiger partial charge in [0.15, 0.2) is 0 Å². The number of carbonyl (C=O) groups is 2. The molecule has 0 bridgehead atoms. The van der Waals surface area contributed by atoms with E-state index in [0.717, 1.165) is 0 Å². The number of halogens is 2. The van der Waals surface area contributed by atoms with Crippen molar-refractivity contribution in [1.29, 1.82) is 0 Å². The minimum absolute atomic E-state index is 0.284. The van der Waals surface area contributed by atoms with Crippen LogP contribution in [0.3, 0.4) is 0 Å². The summed E-state index contributed by atoms with van der Waals surface area (Å²) in [5.41, 5.74) is 1.37. The maximum absolute atomic E-state index is 12.2. The van der Waals surface area contributed by atoms with E-state index in [0.29, 0.717) is 27.0 Å². The smallest absolute Gasteiger partial charge is 0.411 e. The number of carbonyl (C=O) groups excluding carboxylic acids is 2. The van der Waals surface area contributed by atoms with Gasteiger partial charge in [-0.05, 0) is 49.4 Å². The van der Waals surface area contributed by atoms with Crippen molar-refractivity contribution >= 4 is 46.6 Å². The normalized spacial score (nSPS) is 10.0. The average Bonchev–Trinajstić information content (AvgIpc) is 2.52. The van der Waals surface area contributed by atoms with Gasteiger partial charge < -0.3 is 10.1 Å². The Labute approximate surface area is 143 Å². The monoisotopic (exact) mass is 352 g/mol. The van der Waals surface area contributed by atoms with Crippen LogP contribution in [0.4, 0.5) is 16.2 Å². The van der Waals surface area contributed by atoms with Crippen LogP contribution in [0, 0.1) is 0 Å². The fourth-order valence-electron chi connectivity index (χ4n) is 1.78. The fourth-order valence-corrected chi connectivity index (χ4v) is 2.11. The van der Waals surface area contributed by atoms with Gasteiger partial charge in [-0.1, -0.05) is 23.2 Å². The zero-order valence-corrected chi connectivity index (χ0v) is 13.7. The van der Waals surface area contributed by atoms with Crippen molar-refractivity contribution in [2.24, 2.45) is 0 Å². The number of ether oxygens (including phenoxy) is 1. The van der Waals surface area contributed by atoms with Crippen molar-refractivity contribution in [3.63, 3.8) is 0 Å². The van der Waals surface area contributed by atoms with Gasteiger partial charge in [0.25, 0.3) is 5.91 Å². The molecule has 120 valence electrons. The summed E-state index contributed by atoms with van der Waals surface area (Å²) < 4.78 is 4.77. The van der Waals surface area contributed by atoms with Gasteiger partial charge in [-0.3, -0.25) is 10.1 Å². The van der Waals surface area contributed by atoms with E-state index in [9.17, 15) is 9.59 Å². The minimum Gasteiger partial charge on any atom is -0.450 e. The molecule has 23 heavy (non-hydrogen) atoms. The van der Waals surface area contributed by atoms with E-state index in [2.05, 4.69) is 10.6 Å². The van der Waals surface area contributed by atoms with E-state index in [-0.39, 0.29) is 12.5 Å². The van der Waals surface area contributed by atoms with Crippen LogP contribution in [0.1, 0.15) is 17.3 Å².